The van der Waals surface area contributed by atoms with Crippen molar-refractivity contribution in [3.05, 3.63) is 101 Å². The van der Waals surface area contributed by atoms with Crippen LogP contribution in [-0.4, -0.2) is 34.0 Å². The minimum absolute atomic E-state index is 0.00613. The minimum atomic E-state index is -0.792. The van der Waals surface area contributed by atoms with Crippen molar-refractivity contribution in [3.63, 3.8) is 0 Å². The summed E-state index contributed by atoms with van der Waals surface area (Å²) in [5, 5.41) is 3.67. The first-order valence-corrected chi connectivity index (χ1v) is 13.3. The van der Waals surface area contributed by atoms with Gasteiger partial charge in [-0.25, -0.2) is 4.39 Å². The highest BCUT2D eigenvalue weighted by molar-refractivity contribution is 7.99. The highest BCUT2D eigenvalue weighted by Gasteiger charge is 2.32. The lowest BCUT2D eigenvalue weighted by Gasteiger charge is -2.34. The highest BCUT2D eigenvalue weighted by atomic mass is 35.5. The molecule has 1 unspecified atom stereocenters. The van der Waals surface area contributed by atoms with Crippen LogP contribution in [0.5, 0.6) is 0 Å². The maximum Gasteiger partial charge on any atom is 0.243 e. The number of halogens is 2. The van der Waals surface area contributed by atoms with Crippen molar-refractivity contribution < 1.29 is 14.0 Å². The second kappa shape index (κ2) is 12.9. The molecule has 1 N–H and O–H groups in total. The first-order valence-electron chi connectivity index (χ1n) is 11.9. The van der Waals surface area contributed by atoms with Crippen LogP contribution in [0.15, 0.2) is 83.8 Å². The van der Waals surface area contributed by atoms with Gasteiger partial charge in [-0.2, -0.15) is 0 Å². The van der Waals surface area contributed by atoms with Gasteiger partial charge in [-0.1, -0.05) is 60.1 Å². The third kappa shape index (κ3) is 8.68. The molecule has 1 atom stereocenters. The number of hydrogen-bond donors (Lipinski definition) is 1. The average Bonchev–Trinajstić information content (AvgIpc) is 2.83. The molecule has 0 radical (unpaired) electrons. The maximum absolute atomic E-state index is 14.6. The quantitative estimate of drug-likeness (QED) is 0.306. The summed E-state index contributed by atoms with van der Waals surface area (Å²) in [6, 6.07) is 22.6. The van der Waals surface area contributed by atoms with Crippen LogP contribution in [0, 0.1) is 5.82 Å². The molecular weight excluding hydrogens is 495 g/mol. The van der Waals surface area contributed by atoms with Crippen LogP contribution in [-0.2, 0) is 22.6 Å². The summed E-state index contributed by atoms with van der Waals surface area (Å²) in [5.74, 6) is -0.348. The standard InChI is InChI=1S/C29H32ClFN2O2S/c1-29(2,3)32-28(35)26(19-21-9-5-4-6-10-21)33(20-22-11-7-8-12-25(22)31)27(34)17-18-36-24-15-13-23(30)14-16-24/h4-16,26H,17-20H2,1-3H3,(H,32,35). The average molecular weight is 527 g/mol. The molecule has 7 heteroatoms. The Labute approximate surface area is 222 Å². The van der Waals surface area contributed by atoms with Crippen LogP contribution in [0.3, 0.4) is 0 Å². The minimum Gasteiger partial charge on any atom is -0.350 e. The molecule has 3 aromatic rings. The zero-order valence-corrected chi connectivity index (χ0v) is 22.4. The summed E-state index contributed by atoms with van der Waals surface area (Å²) in [5.41, 5.74) is 0.814. The number of amides is 2. The first kappa shape index (κ1) is 27.8. The van der Waals surface area contributed by atoms with E-state index in [9.17, 15) is 14.0 Å². The summed E-state index contributed by atoms with van der Waals surface area (Å²) in [4.78, 5) is 29.6. The lowest BCUT2D eigenvalue weighted by Crippen LogP contribution is -2.54. The van der Waals surface area contributed by atoms with Gasteiger partial charge in [0.25, 0.3) is 0 Å². The fourth-order valence-electron chi connectivity index (χ4n) is 3.75. The monoisotopic (exact) mass is 526 g/mol. The molecule has 3 rings (SSSR count). The Morgan fingerprint density at radius 1 is 0.972 bits per heavy atom. The van der Waals surface area contributed by atoms with Gasteiger partial charge in [0.1, 0.15) is 11.9 Å². The van der Waals surface area contributed by atoms with Crippen LogP contribution in [0.25, 0.3) is 0 Å². The highest BCUT2D eigenvalue weighted by Crippen LogP contribution is 2.23. The van der Waals surface area contributed by atoms with Crippen molar-refractivity contribution in [2.75, 3.05) is 5.75 Å². The Morgan fingerprint density at radius 2 is 1.61 bits per heavy atom. The zero-order valence-electron chi connectivity index (χ0n) is 20.8. The van der Waals surface area contributed by atoms with Gasteiger partial charge in [-0.3, -0.25) is 9.59 Å². The van der Waals surface area contributed by atoms with Crippen LogP contribution in [0.2, 0.25) is 5.02 Å². The zero-order chi connectivity index (χ0) is 26.1. The summed E-state index contributed by atoms with van der Waals surface area (Å²) in [7, 11) is 0. The van der Waals surface area contributed by atoms with E-state index >= 15 is 0 Å². The van der Waals surface area contributed by atoms with Gasteiger partial charge in [0, 0.05) is 46.2 Å². The van der Waals surface area contributed by atoms with Crippen molar-refractivity contribution >= 4 is 35.2 Å². The fourth-order valence-corrected chi connectivity index (χ4v) is 4.71. The fraction of sp³-hybridized carbons (Fsp3) is 0.310. The van der Waals surface area contributed by atoms with Crippen molar-refractivity contribution in [1.82, 2.24) is 10.2 Å². The Balaban J connectivity index is 1.87. The second-order valence-electron chi connectivity index (χ2n) is 9.61. The normalized spacial score (nSPS) is 12.1. The Hall–Kier alpha value is -2.83. The number of rotatable bonds is 10. The van der Waals surface area contributed by atoms with E-state index in [0.717, 1.165) is 10.5 Å². The molecule has 4 nitrogen and oxygen atoms in total. The summed E-state index contributed by atoms with van der Waals surface area (Å²) < 4.78 is 14.6. The Kier molecular flexibility index (Phi) is 9.97. The largest absolute Gasteiger partial charge is 0.350 e. The number of nitrogens with one attached hydrogen (secondary N) is 1. The van der Waals surface area contributed by atoms with Gasteiger partial charge in [0.05, 0.1) is 0 Å². The molecule has 0 aromatic heterocycles. The predicted octanol–water partition coefficient (Wildman–Crippen LogP) is 6.52. The van der Waals surface area contributed by atoms with Gasteiger partial charge in [0.15, 0.2) is 0 Å². The van der Waals surface area contributed by atoms with Crippen molar-refractivity contribution in [2.24, 2.45) is 0 Å². The van der Waals surface area contributed by atoms with Gasteiger partial charge >= 0.3 is 0 Å². The van der Waals surface area contributed by atoms with E-state index in [1.807, 2.05) is 75.4 Å². The molecular formula is C29H32ClFN2O2S. The first-order chi connectivity index (χ1) is 17.1. The summed E-state index contributed by atoms with van der Waals surface area (Å²) in [6.45, 7) is 5.70. The molecule has 3 aromatic carbocycles. The molecule has 2 amide bonds. The van der Waals surface area contributed by atoms with Crippen molar-refractivity contribution in [1.29, 1.82) is 0 Å². The van der Waals surface area contributed by atoms with Crippen molar-refractivity contribution in [2.45, 2.75) is 56.6 Å². The number of benzene rings is 3. The van der Waals surface area contributed by atoms with Crippen LogP contribution < -0.4 is 5.32 Å². The van der Waals surface area contributed by atoms with E-state index in [1.54, 1.807) is 18.2 Å². The van der Waals surface area contributed by atoms with Crippen molar-refractivity contribution in [3.8, 4) is 0 Å². The lowest BCUT2D eigenvalue weighted by atomic mass is 10.0. The van der Waals surface area contributed by atoms with Crippen LogP contribution in [0.1, 0.15) is 38.3 Å². The van der Waals surface area contributed by atoms with Crippen LogP contribution in [0.4, 0.5) is 4.39 Å². The molecule has 36 heavy (non-hydrogen) atoms. The molecule has 0 saturated heterocycles. The molecule has 190 valence electrons. The summed E-state index contributed by atoms with van der Waals surface area (Å²) in [6.07, 6.45) is 0.531. The topological polar surface area (TPSA) is 49.4 Å². The van der Waals surface area contributed by atoms with E-state index in [4.69, 9.17) is 11.6 Å². The van der Waals surface area contributed by atoms with E-state index in [1.165, 1.54) is 22.7 Å². The third-order valence-corrected chi connectivity index (χ3v) is 6.73. The van der Waals surface area contributed by atoms with E-state index in [0.29, 0.717) is 22.8 Å². The number of carbonyl (C=O) groups is 2. The maximum atomic E-state index is 14.6. The number of carbonyl (C=O) groups excluding carboxylic acids is 2. The Morgan fingerprint density at radius 3 is 2.25 bits per heavy atom. The number of nitrogens with zero attached hydrogens (tertiary/aromatic N) is 1. The number of hydrogen-bond acceptors (Lipinski definition) is 3. The lowest BCUT2D eigenvalue weighted by molar-refractivity contribution is -0.141. The molecule has 0 fully saturated rings. The van der Waals surface area contributed by atoms with Gasteiger partial charge in [-0.05, 0) is 56.7 Å². The summed E-state index contributed by atoms with van der Waals surface area (Å²) >= 11 is 7.50. The molecule has 0 aliphatic carbocycles. The van der Waals surface area contributed by atoms with Gasteiger partial charge in [-0.15, -0.1) is 11.8 Å². The molecule has 0 aliphatic heterocycles. The SMILES string of the molecule is CC(C)(C)NC(=O)C(Cc1ccccc1)N(Cc1ccccc1F)C(=O)CCSc1ccc(Cl)cc1. The smallest absolute Gasteiger partial charge is 0.243 e. The predicted molar refractivity (Wildman–Crippen MR) is 146 cm³/mol. The molecule has 0 spiro atoms. The third-order valence-electron chi connectivity index (χ3n) is 5.47. The van der Waals surface area contributed by atoms with E-state index in [-0.39, 0.29) is 24.8 Å². The molecule has 0 aliphatic rings. The van der Waals surface area contributed by atoms with Gasteiger partial charge < -0.3 is 10.2 Å². The van der Waals surface area contributed by atoms with Gasteiger partial charge in [0.2, 0.25) is 11.8 Å². The molecule has 0 heterocycles. The number of thioether (sulfide) groups is 1. The molecule has 0 saturated carbocycles. The van der Waals surface area contributed by atoms with E-state index in [2.05, 4.69) is 5.32 Å². The van der Waals surface area contributed by atoms with E-state index < -0.39 is 17.4 Å². The second-order valence-corrected chi connectivity index (χ2v) is 11.2. The van der Waals surface area contributed by atoms with Crippen LogP contribution >= 0.6 is 23.4 Å². The Bertz CT molecular complexity index is 1150. The molecule has 0 bridgehead atoms.